The zero-order chi connectivity index (χ0) is 28.4. The van der Waals surface area contributed by atoms with Gasteiger partial charge in [-0.05, 0) is 0 Å². The van der Waals surface area contributed by atoms with Crippen molar-refractivity contribution in [2.24, 2.45) is 0 Å². The van der Waals surface area contributed by atoms with Crippen LogP contribution in [0, 0.1) is 0 Å². The molecule has 0 aliphatic carbocycles. The zero-order valence-corrected chi connectivity index (χ0v) is 15.9. The highest BCUT2D eigenvalue weighted by Crippen LogP contribution is 2.56. The Balaban J connectivity index is 6.36. The van der Waals surface area contributed by atoms with Gasteiger partial charge in [0.2, 0.25) is 0 Å². The molecule has 0 aliphatic rings. The van der Waals surface area contributed by atoms with Crippen LogP contribution in [0.15, 0.2) is 0 Å². The third kappa shape index (κ3) is 4.44. The van der Waals surface area contributed by atoms with Gasteiger partial charge in [0.1, 0.15) is 0 Å². The molecule has 0 aromatic heterocycles. The maximum absolute atomic E-state index is 13.2. The van der Waals surface area contributed by atoms with E-state index in [1.54, 1.807) is 0 Å². The van der Waals surface area contributed by atoms with Crippen molar-refractivity contribution in [2.75, 3.05) is 0 Å². The summed E-state index contributed by atoms with van der Waals surface area (Å²) < 4.78 is 270. The Morgan fingerprint density at radius 3 is 0.676 bits per heavy atom. The molecule has 0 saturated carbocycles. The molecule has 0 aliphatic heterocycles. The molecule has 0 amide bonds. The molecule has 0 unspecified atom stereocenters. The van der Waals surface area contributed by atoms with E-state index in [4.69, 9.17) is 0 Å². The Kier molecular flexibility index (Phi) is 7.70. The van der Waals surface area contributed by atoms with E-state index in [1.165, 1.54) is 0 Å². The van der Waals surface area contributed by atoms with E-state index in [1.807, 2.05) is 0 Å². The summed E-state index contributed by atoms with van der Waals surface area (Å²) in [5.74, 6) is -32.2. The van der Waals surface area contributed by atoms with E-state index in [-0.39, 0.29) is 0 Å². The Morgan fingerprint density at radius 1 is 0.353 bits per heavy atom. The van der Waals surface area contributed by atoms with Crippen molar-refractivity contribution in [3.8, 4) is 0 Å². The Morgan fingerprint density at radius 2 is 0.529 bits per heavy atom. The lowest BCUT2D eigenvalue weighted by molar-refractivity contribution is -0.382. The second-order valence-electron chi connectivity index (χ2n) is 5.54. The van der Waals surface area contributed by atoms with Gasteiger partial charge in [-0.25, -0.2) is 16.8 Å². The van der Waals surface area contributed by atoms with Crippen LogP contribution in [-0.4, -0.2) is 63.4 Å². The summed E-state index contributed by atoms with van der Waals surface area (Å²) in [4.78, 5) is -2.00. The smallest absolute Gasteiger partial charge is 0.204 e. The quantitative estimate of drug-likeness (QED) is 0.315. The van der Waals surface area contributed by atoms with Crippen LogP contribution >= 0.6 is 0 Å². The van der Waals surface area contributed by atoms with E-state index >= 15 is 0 Å². The molecule has 0 saturated heterocycles. The minimum absolute atomic E-state index is 0.998. The summed E-state index contributed by atoms with van der Waals surface area (Å²) in [5, 5.41) is -15.7. The Hall–Kier alpha value is -1.44. The fraction of sp³-hybridized carbons (Fsp3) is 1.00. The van der Waals surface area contributed by atoms with Gasteiger partial charge in [-0.3, -0.25) is 0 Å². The van der Waals surface area contributed by atoms with E-state index in [0.717, 1.165) is 0 Å². The van der Waals surface area contributed by atoms with E-state index in [9.17, 15) is 95.9 Å². The van der Waals surface area contributed by atoms with Crippen molar-refractivity contribution in [2.45, 2.75) is 46.6 Å². The first kappa shape index (κ1) is 32.6. The zero-order valence-electron chi connectivity index (χ0n) is 14.3. The van der Waals surface area contributed by atoms with Gasteiger partial charge in [-0.1, -0.05) is 0 Å². The molecule has 0 aromatic carbocycles. The molecule has 6 nitrogen and oxygen atoms in total. The lowest BCUT2D eigenvalue weighted by Crippen LogP contribution is -2.68. The van der Waals surface area contributed by atoms with Crippen LogP contribution in [0.3, 0.4) is 0 Å². The van der Waals surface area contributed by atoms with Crippen LogP contribution in [0.25, 0.3) is 0 Å². The van der Waals surface area contributed by atoms with Gasteiger partial charge in [-0.15, -0.1) is 9.66 Å². The minimum atomic E-state index is -8.16. The lowest BCUT2D eigenvalue weighted by atomic mass is 10.1. The summed E-state index contributed by atoms with van der Waals surface area (Å²) in [5.41, 5.74) is 0. The third-order valence-corrected chi connectivity index (χ3v) is 5.95. The highest BCUT2D eigenvalue weighted by Gasteiger charge is 2.87. The topological polar surface area (TPSA) is 92.3 Å². The van der Waals surface area contributed by atoms with Crippen LogP contribution in [-0.2, 0) is 20.0 Å². The van der Waals surface area contributed by atoms with Crippen molar-refractivity contribution in [3.05, 3.63) is 0 Å². The average molecular weight is 596 g/mol. The summed E-state index contributed by atoms with van der Waals surface area (Å²) in [6.07, 6.45) is -15.3. The molecule has 0 rings (SSSR count). The van der Waals surface area contributed by atoms with Gasteiger partial charge in [0, 0.05) is 0 Å². The largest absolute Gasteiger partial charge is 0.460 e. The first-order chi connectivity index (χ1) is 14.2. The van der Waals surface area contributed by atoms with Crippen LogP contribution < -0.4 is 9.66 Å². The minimum Gasteiger partial charge on any atom is -0.204 e. The summed E-state index contributed by atoms with van der Waals surface area (Å²) in [6, 6.07) is 0. The second kappa shape index (κ2) is 8.04. The molecule has 0 atom stereocenters. The Labute approximate surface area is 173 Å². The second-order valence-corrected chi connectivity index (χ2v) is 8.99. The number of nitrogens with one attached hydrogen (secondary N) is 2. The van der Waals surface area contributed by atoms with Gasteiger partial charge in [0.05, 0.1) is 0 Å². The fourth-order valence-electron chi connectivity index (χ4n) is 1.30. The SMILES string of the molecule is O=S(=O)(NNS(=O)(=O)C(F)(F)C(F)(F)C(F)(F)C(F)(F)F)C(F)(F)C(F)(F)C(F)(F)C(F)(F)F. The molecule has 0 radical (unpaired) electrons. The average Bonchev–Trinajstić information content (AvgIpc) is 2.57. The summed E-state index contributed by atoms with van der Waals surface area (Å²) in [6.45, 7) is 0. The van der Waals surface area contributed by atoms with Gasteiger partial charge in [-0.2, -0.15) is 79.0 Å². The molecule has 206 valence electrons. The highest BCUT2D eigenvalue weighted by atomic mass is 32.2. The number of alkyl halides is 18. The molecule has 0 spiro atoms. The van der Waals surface area contributed by atoms with Crippen LogP contribution in [0.5, 0.6) is 0 Å². The predicted molar refractivity (Wildman–Crippen MR) is 65.9 cm³/mol. The van der Waals surface area contributed by atoms with Gasteiger partial charge in [0.15, 0.2) is 0 Å². The predicted octanol–water partition coefficient (Wildman–Crippen LogP) is 3.59. The van der Waals surface area contributed by atoms with Crippen molar-refractivity contribution in [3.63, 3.8) is 0 Å². The lowest BCUT2D eigenvalue weighted by Gasteiger charge is -2.34. The number of hydrogen-bond donors (Lipinski definition) is 2. The van der Waals surface area contributed by atoms with Crippen molar-refractivity contribution in [1.29, 1.82) is 0 Å². The molecule has 26 heteroatoms. The fourth-order valence-corrected chi connectivity index (χ4v) is 3.36. The number of rotatable bonds is 9. The van der Waals surface area contributed by atoms with Gasteiger partial charge < -0.3 is 0 Å². The summed E-state index contributed by atoms with van der Waals surface area (Å²) in [7, 11) is -16.3. The molecule has 0 heterocycles. The van der Waals surface area contributed by atoms with Crippen LogP contribution in [0.4, 0.5) is 79.0 Å². The number of hydrogen-bond acceptors (Lipinski definition) is 4. The first-order valence-corrected chi connectivity index (χ1v) is 9.60. The van der Waals surface area contributed by atoms with E-state index < -0.39 is 76.3 Å². The van der Waals surface area contributed by atoms with Gasteiger partial charge in [0.25, 0.3) is 20.0 Å². The molecular weight excluding hydrogens is 594 g/mol. The summed E-state index contributed by atoms with van der Waals surface area (Å²) >= 11 is 0. The van der Waals surface area contributed by atoms with Crippen molar-refractivity contribution in [1.82, 2.24) is 9.66 Å². The van der Waals surface area contributed by atoms with Crippen LogP contribution in [0.2, 0.25) is 0 Å². The molecule has 0 aromatic rings. The van der Waals surface area contributed by atoms with Crippen molar-refractivity contribution >= 4 is 20.0 Å². The first-order valence-electron chi connectivity index (χ1n) is 6.63. The molecule has 0 bridgehead atoms. The number of hydrazine groups is 1. The normalized spacial score (nSPS) is 16.6. The van der Waals surface area contributed by atoms with Crippen molar-refractivity contribution < 1.29 is 95.9 Å². The maximum Gasteiger partial charge on any atom is 0.460 e. The molecule has 34 heavy (non-hydrogen) atoms. The Bertz CT molecular complexity index is 898. The monoisotopic (exact) mass is 596 g/mol. The van der Waals surface area contributed by atoms with E-state index in [0.29, 0.717) is 0 Å². The molecule has 2 N–H and O–H groups in total. The maximum atomic E-state index is 13.2. The third-order valence-electron chi connectivity index (χ3n) is 3.22. The molecular formula is C8H2F18N2O4S2. The molecule has 0 fully saturated rings. The number of halogens is 18. The standard InChI is InChI=1S/C8H2F18N2O4S2/c9-1(10,5(17,18)19)3(13,14)7(23,24)33(29,30)27-28-34(31,32)8(25,26)4(15,16)2(11,12)6(20,21)22/h27-28H. The van der Waals surface area contributed by atoms with E-state index in [2.05, 4.69) is 0 Å². The van der Waals surface area contributed by atoms with Gasteiger partial charge >= 0.3 is 46.6 Å². The number of sulfonamides is 2. The highest BCUT2D eigenvalue weighted by molar-refractivity contribution is 7.93. The van der Waals surface area contributed by atoms with Crippen LogP contribution in [0.1, 0.15) is 0 Å².